The van der Waals surface area contributed by atoms with Crippen molar-refractivity contribution in [3.63, 3.8) is 0 Å². The van der Waals surface area contributed by atoms with Gasteiger partial charge in [-0.3, -0.25) is 20.3 Å². The van der Waals surface area contributed by atoms with Crippen molar-refractivity contribution in [2.24, 2.45) is 5.41 Å². The molecule has 0 aromatic rings. The molecule has 0 aromatic heterocycles. The van der Waals surface area contributed by atoms with Gasteiger partial charge in [0.05, 0.1) is 6.61 Å². The van der Waals surface area contributed by atoms with Crippen LogP contribution in [0.3, 0.4) is 0 Å². The number of methoxy groups -OCH3 is 1. The molecule has 1 aliphatic heterocycles. The van der Waals surface area contributed by atoms with Crippen LogP contribution in [0, 0.1) is 18.3 Å². The van der Waals surface area contributed by atoms with Crippen molar-refractivity contribution in [3.05, 3.63) is 12.8 Å². The van der Waals surface area contributed by atoms with Gasteiger partial charge in [0, 0.05) is 25.4 Å². The average molecular weight is 430 g/mol. The van der Waals surface area contributed by atoms with E-state index in [1.807, 2.05) is 6.92 Å². The summed E-state index contributed by atoms with van der Waals surface area (Å²) in [6, 6.07) is 0. The number of rotatable bonds is 8. The molecule has 0 aromatic carbocycles. The maximum atomic E-state index is 11.5. The fourth-order valence-corrected chi connectivity index (χ4v) is 1.45. The van der Waals surface area contributed by atoms with Crippen LogP contribution in [0.1, 0.15) is 53.4 Å². The van der Waals surface area contributed by atoms with E-state index in [4.69, 9.17) is 14.3 Å². The summed E-state index contributed by atoms with van der Waals surface area (Å²) in [6.45, 7) is 11.4. The van der Waals surface area contributed by atoms with Gasteiger partial charge in [-0.2, -0.15) is 19.8 Å². The Morgan fingerprint density at radius 2 is 1.70 bits per heavy atom. The van der Waals surface area contributed by atoms with Crippen molar-refractivity contribution in [1.82, 2.24) is 5.06 Å². The van der Waals surface area contributed by atoms with Gasteiger partial charge in [0.1, 0.15) is 6.61 Å². The van der Waals surface area contributed by atoms with E-state index in [0.29, 0.717) is 24.7 Å². The van der Waals surface area contributed by atoms with Gasteiger partial charge in [0.15, 0.2) is 5.97 Å². The van der Waals surface area contributed by atoms with Gasteiger partial charge in [-0.15, -0.1) is 5.06 Å². The van der Waals surface area contributed by atoms with Crippen LogP contribution in [0.25, 0.3) is 0 Å². The number of esters is 1. The minimum absolute atomic E-state index is 0. The molecule has 1 radical (unpaired) electrons. The smallest absolute Gasteiger partial charge is 0.485 e. The standard InChI is InChI=1S/C10H14NO4.C8H15O3.Co/c1-4-10(2,3)9(14)15-11-7(12)5-6-8(11)13;1-4-7(2)8(9)11-6-5-10-3;/h1,4-6H2,2-3H3;4-6H2,1-3H3;/q2*-1;+2. The summed E-state index contributed by atoms with van der Waals surface area (Å²) in [5.74, 6) is -1.01. The van der Waals surface area contributed by atoms with Gasteiger partial charge < -0.3 is 21.2 Å². The first-order chi connectivity index (χ1) is 12.1. The first-order valence-corrected chi connectivity index (χ1v) is 8.46. The van der Waals surface area contributed by atoms with Gasteiger partial charge in [0.25, 0.3) is 11.8 Å². The SMILES string of the molecule is CC[C-](C)C(=O)OCCOC.[CH2-]CC(C)(C)C(=O)ON1C(=O)CCC1=O.[Co+2]. The number of carbonyl (C=O) groups excluding carboxylic acids is 4. The third kappa shape index (κ3) is 9.78. The molecule has 1 saturated heterocycles. The molecule has 0 saturated carbocycles. The number of hydroxylamine groups is 2. The van der Waals surface area contributed by atoms with Crippen molar-refractivity contribution in [3.8, 4) is 0 Å². The van der Waals surface area contributed by atoms with Crippen LogP contribution < -0.4 is 0 Å². The summed E-state index contributed by atoms with van der Waals surface area (Å²) < 4.78 is 9.55. The van der Waals surface area contributed by atoms with Crippen LogP contribution in [0.15, 0.2) is 0 Å². The molecule has 157 valence electrons. The average Bonchev–Trinajstić information content (AvgIpc) is 2.93. The quantitative estimate of drug-likeness (QED) is 0.251. The Kier molecular flexibility index (Phi) is 13.9. The molecule has 1 rings (SSSR count). The molecule has 0 atom stereocenters. The molecule has 2 amide bonds. The second-order valence-corrected chi connectivity index (χ2v) is 6.36. The molecular weight excluding hydrogens is 401 g/mol. The third-order valence-corrected chi connectivity index (χ3v) is 3.76. The predicted molar refractivity (Wildman–Crippen MR) is 93.0 cm³/mol. The van der Waals surface area contributed by atoms with E-state index in [2.05, 4.69) is 6.92 Å². The van der Waals surface area contributed by atoms with Gasteiger partial charge in [-0.25, -0.2) is 4.79 Å². The van der Waals surface area contributed by atoms with E-state index in [9.17, 15) is 19.2 Å². The maximum absolute atomic E-state index is 11.5. The number of imide groups is 1. The fraction of sp³-hybridized carbons (Fsp3) is 0.667. The molecule has 27 heavy (non-hydrogen) atoms. The summed E-state index contributed by atoms with van der Waals surface area (Å²) >= 11 is 0. The van der Waals surface area contributed by atoms with Gasteiger partial charge in [-0.1, -0.05) is 20.8 Å². The van der Waals surface area contributed by atoms with Crippen molar-refractivity contribution in [2.45, 2.75) is 53.4 Å². The second kappa shape index (κ2) is 13.6. The van der Waals surface area contributed by atoms with Gasteiger partial charge >= 0.3 is 22.7 Å². The van der Waals surface area contributed by atoms with Crippen molar-refractivity contribution < 1.29 is 50.3 Å². The molecule has 0 bridgehead atoms. The molecule has 1 fully saturated rings. The maximum Gasteiger partial charge on any atom is 2.00 e. The topological polar surface area (TPSA) is 99.2 Å². The Hall–Kier alpha value is -1.58. The number of amides is 2. The number of hydrogen-bond donors (Lipinski definition) is 0. The summed E-state index contributed by atoms with van der Waals surface area (Å²) in [6.07, 6.45) is 1.29. The first kappa shape index (κ1) is 27.6. The molecule has 0 N–H and O–H groups in total. The Bertz CT molecular complexity index is 492. The Morgan fingerprint density at radius 1 is 1.19 bits per heavy atom. The number of hydrogen-bond acceptors (Lipinski definition) is 7. The van der Waals surface area contributed by atoms with E-state index in [-0.39, 0.29) is 35.6 Å². The minimum Gasteiger partial charge on any atom is -0.485 e. The van der Waals surface area contributed by atoms with Gasteiger partial charge in [-0.05, 0) is 0 Å². The molecule has 1 aliphatic rings. The van der Waals surface area contributed by atoms with Crippen LogP contribution in [0.5, 0.6) is 0 Å². The van der Waals surface area contributed by atoms with Crippen LogP contribution in [0.2, 0.25) is 0 Å². The molecule has 1 heterocycles. The second-order valence-electron chi connectivity index (χ2n) is 6.36. The van der Waals surface area contributed by atoms with Crippen LogP contribution in [-0.4, -0.2) is 49.1 Å². The summed E-state index contributed by atoms with van der Waals surface area (Å²) in [5.41, 5.74) is -0.789. The summed E-state index contributed by atoms with van der Waals surface area (Å²) in [7, 11) is 1.57. The number of carbonyl (C=O) groups is 4. The van der Waals surface area contributed by atoms with E-state index in [0.717, 1.165) is 12.3 Å². The molecule has 8 nitrogen and oxygen atoms in total. The Morgan fingerprint density at radius 3 is 2.11 bits per heavy atom. The molecular formula is C18H29CoNO7. The van der Waals surface area contributed by atoms with Crippen molar-refractivity contribution in [2.75, 3.05) is 20.3 Å². The fourth-order valence-electron chi connectivity index (χ4n) is 1.45. The zero-order valence-corrected chi connectivity index (χ0v) is 17.6. The minimum atomic E-state index is -0.789. The zero-order valence-electron chi connectivity index (χ0n) is 16.6. The van der Waals surface area contributed by atoms with Crippen LogP contribution >= 0.6 is 0 Å². The first-order valence-electron chi connectivity index (χ1n) is 8.46. The third-order valence-electron chi connectivity index (χ3n) is 3.76. The van der Waals surface area contributed by atoms with E-state index in [1.54, 1.807) is 27.9 Å². The molecule has 9 heteroatoms. The number of ether oxygens (including phenoxy) is 2. The predicted octanol–water partition coefficient (Wildman–Crippen LogP) is 2.02. The zero-order chi connectivity index (χ0) is 20.3. The summed E-state index contributed by atoms with van der Waals surface area (Å²) in [4.78, 5) is 49.5. The van der Waals surface area contributed by atoms with Crippen LogP contribution in [0.4, 0.5) is 0 Å². The largest absolute Gasteiger partial charge is 2.00 e. The molecule has 0 aliphatic carbocycles. The molecule has 0 spiro atoms. The monoisotopic (exact) mass is 430 g/mol. The van der Waals surface area contributed by atoms with Crippen molar-refractivity contribution in [1.29, 1.82) is 0 Å². The van der Waals surface area contributed by atoms with E-state index < -0.39 is 23.2 Å². The van der Waals surface area contributed by atoms with E-state index in [1.165, 1.54) is 0 Å². The van der Waals surface area contributed by atoms with Gasteiger partial charge in [0.2, 0.25) is 0 Å². The van der Waals surface area contributed by atoms with E-state index >= 15 is 0 Å². The normalized spacial score (nSPS) is 13.3. The number of nitrogens with zero attached hydrogens (tertiary/aromatic N) is 1. The summed E-state index contributed by atoms with van der Waals surface area (Å²) in [5, 5.41) is 0.555. The Balaban J connectivity index is 0. The van der Waals surface area contributed by atoms with Crippen molar-refractivity contribution >= 4 is 23.8 Å². The molecule has 0 unspecified atom stereocenters. The Labute approximate surface area is 171 Å². The van der Waals surface area contributed by atoms with Crippen LogP contribution in [-0.2, 0) is 50.3 Å².